The lowest BCUT2D eigenvalue weighted by molar-refractivity contribution is 0.415. The van der Waals surface area contributed by atoms with Gasteiger partial charge in [0.15, 0.2) is 0 Å². The summed E-state index contributed by atoms with van der Waals surface area (Å²) in [5.74, 6) is 0.839. The topological polar surface area (TPSA) is 50.0 Å². The summed E-state index contributed by atoms with van der Waals surface area (Å²) in [5, 5.41) is 14.0. The summed E-state index contributed by atoms with van der Waals surface area (Å²) in [4.78, 5) is 0. The van der Waals surface area contributed by atoms with Crippen LogP contribution in [-0.2, 0) is 0 Å². The van der Waals surface area contributed by atoms with Gasteiger partial charge in [0, 0.05) is 22.5 Å². The van der Waals surface area contributed by atoms with E-state index in [1.807, 2.05) is 60.7 Å². The Bertz CT molecular complexity index is 1150. The zero-order valence-corrected chi connectivity index (χ0v) is 15.2. The van der Waals surface area contributed by atoms with Gasteiger partial charge in [-0.3, -0.25) is 0 Å². The van der Waals surface area contributed by atoms with Crippen LogP contribution in [0.5, 0.6) is 5.75 Å². The number of rotatable bonds is 4. The van der Waals surface area contributed by atoms with E-state index in [0.29, 0.717) is 5.56 Å². The molecule has 0 fully saturated rings. The van der Waals surface area contributed by atoms with Gasteiger partial charge in [0.1, 0.15) is 11.8 Å². The number of para-hydroxylation sites is 1. The number of hydrogen-bond acceptors (Lipinski definition) is 3. The van der Waals surface area contributed by atoms with Gasteiger partial charge >= 0.3 is 0 Å². The molecule has 0 aliphatic rings. The minimum atomic E-state index is 0.610. The quantitative estimate of drug-likeness (QED) is 0.522. The van der Waals surface area contributed by atoms with Crippen LogP contribution in [-0.4, -0.2) is 11.7 Å². The second-order valence-electron chi connectivity index (χ2n) is 6.38. The second-order valence-corrected chi connectivity index (χ2v) is 6.38. The van der Waals surface area contributed by atoms with Crippen LogP contribution >= 0.6 is 0 Å². The summed E-state index contributed by atoms with van der Waals surface area (Å²) >= 11 is 0. The van der Waals surface area contributed by atoms with E-state index in [4.69, 9.17) is 4.74 Å². The van der Waals surface area contributed by atoms with E-state index < -0.39 is 0 Å². The number of nitriles is 1. The number of fused-ring (bicyclic) bond motifs is 1. The maximum absolute atomic E-state index is 9.49. The van der Waals surface area contributed by atoms with E-state index in [2.05, 4.69) is 35.0 Å². The summed E-state index contributed by atoms with van der Waals surface area (Å²) in [6.45, 7) is 2.08. The van der Waals surface area contributed by atoms with Gasteiger partial charge in [0.2, 0.25) is 0 Å². The fourth-order valence-corrected chi connectivity index (χ4v) is 3.35. The van der Waals surface area contributed by atoms with Gasteiger partial charge in [-0.2, -0.15) is 5.26 Å². The summed E-state index contributed by atoms with van der Waals surface area (Å²) in [6.07, 6.45) is 0. The van der Waals surface area contributed by atoms with Gasteiger partial charge in [-0.05, 0) is 61.5 Å². The number of hydrogen-bond donors (Lipinski definition) is 1. The first-order valence-corrected chi connectivity index (χ1v) is 8.72. The number of nitrogens with zero attached hydrogens (tertiary/aromatic N) is 2. The molecule has 27 heavy (non-hydrogen) atoms. The Labute approximate surface area is 158 Å². The van der Waals surface area contributed by atoms with Gasteiger partial charge in [0.05, 0.1) is 23.9 Å². The highest BCUT2D eigenvalue weighted by molar-refractivity contribution is 5.85. The number of anilines is 2. The molecule has 4 rings (SSSR count). The molecule has 1 aromatic heterocycles. The third kappa shape index (κ3) is 3.11. The molecule has 4 aromatic rings. The van der Waals surface area contributed by atoms with Crippen molar-refractivity contribution in [2.24, 2.45) is 0 Å². The molecule has 1 heterocycles. The zero-order chi connectivity index (χ0) is 18.8. The molecule has 3 aromatic carbocycles. The molecule has 0 aliphatic heterocycles. The second kappa shape index (κ2) is 6.89. The molecule has 4 nitrogen and oxygen atoms in total. The molecule has 0 amide bonds. The Morgan fingerprint density at radius 2 is 1.78 bits per heavy atom. The van der Waals surface area contributed by atoms with Crippen LogP contribution in [0.15, 0.2) is 72.8 Å². The Hall–Kier alpha value is -3.71. The first-order chi connectivity index (χ1) is 13.2. The average molecular weight is 353 g/mol. The van der Waals surface area contributed by atoms with Crippen molar-refractivity contribution in [3.05, 3.63) is 84.1 Å². The van der Waals surface area contributed by atoms with E-state index in [0.717, 1.165) is 39.4 Å². The number of ether oxygens (including phenoxy) is 1. The predicted molar refractivity (Wildman–Crippen MR) is 109 cm³/mol. The highest BCUT2D eigenvalue weighted by Crippen LogP contribution is 2.30. The summed E-state index contributed by atoms with van der Waals surface area (Å²) < 4.78 is 7.52. The third-order valence-corrected chi connectivity index (χ3v) is 4.63. The largest absolute Gasteiger partial charge is 0.497 e. The smallest absolute Gasteiger partial charge is 0.119 e. The number of benzene rings is 3. The third-order valence-electron chi connectivity index (χ3n) is 4.63. The van der Waals surface area contributed by atoms with Crippen molar-refractivity contribution in [3.8, 4) is 17.5 Å². The monoisotopic (exact) mass is 353 g/mol. The lowest BCUT2D eigenvalue weighted by Gasteiger charge is -2.13. The maximum atomic E-state index is 9.49. The number of nitrogens with one attached hydrogen (secondary N) is 1. The zero-order valence-electron chi connectivity index (χ0n) is 15.2. The van der Waals surface area contributed by atoms with Crippen LogP contribution in [0.4, 0.5) is 11.4 Å². The molecule has 0 atom stereocenters. The van der Waals surface area contributed by atoms with Crippen molar-refractivity contribution in [1.82, 2.24) is 4.57 Å². The van der Waals surface area contributed by atoms with Crippen molar-refractivity contribution in [3.63, 3.8) is 0 Å². The van der Waals surface area contributed by atoms with Crippen LogP contribution in [0.25, 0.3) is 16.6 Å². The molecule has 0 unspecified atom stereocenters. The Kier molecular flexibility index (Phi) is 4.27. The van der Waals surface area contributed by atoms with E-state index in [1.165, 1.54) is 0 Å². The normalized spacial score (nSPS) is 10.6. The maximum Gasteiger partial charge on any atom is 0.119 e. The standard InChI is InChI=1S/C23H19N3O/c1-16-12-18-13-21(27-2)10-11-23(18)26(16)20-9-8-17(15-24)22(14-20)25-19-6-4-3-5-7-19/h3-14,25H,1-2H3. The van der Waals surface area contributed by atoms with Crippen LogP contribution < -0.4 is 10.1 Å². The van der Waals surface area contributed by atoms with Crippen LogP contribution in [0.2, 0.25) is 0 Å². The summed E-state index contributed by atoms with van der Waals surface area (Å²) in [6, 6.07) is 26.2. The lowest BCUT2D eigenvalue weighted by atomic mass is 10.1. The van der Waals surface area contributed by atoms with Gasteiger partial charge < -0.3 is 14.6 Å². The molecule has 4 heteroatoms. The van der Waals surface area contributed by atoms with Gasteiger partial charge in [-0.25, -0.2) is 0 Å². The predicted octanol–water partition coefficient (Wildman–Crippen LogP) is 5.56. The van der Waals surface area contributed by atoms with E-state index in [1.54, 1.807) is 7.11 Å². The molecule has 0 saturated heterocycles. The molecule has 0 aliphatic carbocycles. The lowest BCUT2D eigenvalue weighted by Crippen LogP contribution is -2.00. The molecular weight excluding hydrogens is 334 g/mol. The minimum Gasteiger partial charge on any atom is -0.497 e. The van der Waals surface area contributed by atoms with E-state index in [-0.39, 0.29) is 0 Å². The molecule has 1 N–H and O–H groups in total. The summed E-state index contributed by atoms with van der Waals surface area (Å²) in [5.41, 5.74) is 5.57. The van der Waals surface area contributed by atoms with Crippen molar-refractivity contribution < 1.29 is 4.74 Å². The fraction of sp³-hybridized carbons (Fsp3) is 0.0870. The van der Waals surface area contributed by atoms with Crippen LogP contribution in [0.3, 0.4) is 0 Å². The SMILES string of the molecule is COc1ccc2c(c1)cc(C)n2-c1ccc(C#N)c(Nc2ccccc2)c1. The Morgan fingerprint density at radius 3 is 2.52 bits per heavy atom. The highest BCUT2D eigenvalue weighted by Gasteiger charge is 2.11. The van der Waals surface area contributed by atoms with Gasteiger partial charge in [0.25, 0.3) is 0 Å². The molecule has 0 bridgehead atoms. The van der Waals surface area contributed by atoms with Crippen molar-refractivity contribution >= 4 is 22.3 Å². The van der Waals surface area contributed by atoms with Crippen molar-refractivity contribution in [2.45, 2.75) is 6.92 Å². The number of aromatic nitrogens is 1. The first kappa shape index (κ1) is 16.7. The fourth-order valence-electron chi connectivity index (χ4n) is 3.35. The molecule has 0 radical (unpaired) electrons. The van der Waals surface area contributed by atoms with E-state index >= 15 is 0 Å². The van der Waals surface area contributed by atoms with Crippen LogP contribution in [0.1, 0.15) is 11.3 Å². The van der Waals surface area contributed by atoms with Crippen molar-refractivity contribution in [2.75, 3.05) is 12.4 Å². The molecular formula is C23H19N3O. The summed E-state index contributed by atoms with van der Waals surface area (Å²) in [7, 11) is 1.67. The van der Waals surface area contributed by atoms with E-state index in [9.17, 15) is 5.26 Å². The first-order valence-electron chi connectivity index (χ1n) is 8.72. The number of methoxy groups -OCH3 is 1. The van der Waals surface area contributed by atoms with Crippen LogP contribution in [0, 0.1) is 18.3 Å². The van der Waals surface area contributed by atoms with Crippen molar-refractivity contribution in [1.29, 1.82) is 5.26 Å². The molecule has 132 valence electrons. The Balaban J connectivity index is 1.83. The van der Waals surface area contributed by atoms with Gasteiger partial charge in [-0.1, -0.05) is 18.2 Å². The van der Waals surface area contributed by atoms with Gasteiger partial charge in [-0.15, -0.1) is 0 Å². The highest BCUT2D eigenvalue weighted by atomic mass is 16.5. The Morgan fingerprint density at radius 1 is 0.963 bits per heavy atom. The molecule has 0 saturated carbocycles. The minimum absolute atomic E-state index is 0.610. The number of aryl methyl sites for hydroxylation is 1. The average Bonchev–Trinajstić information content (AvgIpc) is 3.03. The molecule has 0 spiro atoms.